The summed E-state index contributed by atoms with van der Waals surface area (Å²) in [7, 11) is 1.64. The van der Waals surface area contributed by atoms with Crippen LogP contribution in [0.1, 0.15) is 35.5 Å². The number of pyridine rings is 1. The Hall–Kier alpha value is -3.56. The van der Waals surface area contributed by atoms with Crippen molar-refractivity contribution >= 4 is 10.9 Å². The fourth-order valence-electron chi connectivity index (χ4n) is 4.45. The van der Waals surface area contributed by atoms with Crippen LogP contribution in [0.3, 0.4) is 0 Å². The van der Waals surface area contributed by atoms with Crippen molar-refractivity contribution in [2.75, 3.05) is 33.4 Å². The number of methoxy groups -OCH3 is 1. The van der Waals surface area contributed by atoms with E-state index in [2.05, 4.69) is 38.4 Å². The number of H-pyrrole nitrogens is 1. The molecule has 1 fully saturated rings. The van der Waals surface area contributed by atoms with Gasteiger partial charge in [0.25, 0.3) is 5.56 Å². The second-order valence-corrected chi connectivity index (χ2v) is 8.42. The number of ether oxygens (including phenoxy) is 2. The van der Waals surface area contributed by atoms with Crippen molar-refractivity contribution in [1.82, 2.24) is 30.1 Å². The van der Waals surface area contributed by atoms with E-state index in [9.17, 15) is 4.79 Å². The monoisotopic (exact) mass is 460 g/mol. The van der Waals surface area contributed by atoms with Crippen LogP contribution in [0, 0.1) is 0 Å². The second kappa shape index (κ2) is 9.74. The molecule has 2 aromatic carbocycles. The Balaban J connectivity index is 1.58. The summed E-state index contributed by atoms with van der Waals surface area (Å²) in [6, 6.07) is 15.5. The Morgan fingerprint density at radius 2 is 1.85 bits per heavy atom. The Labute approximate surface area is 197 Å². The van der Waals surface area contributed by atoms with Gasteiger partial charge in [-0.25, -0.2) is 4.68 Å². The van der Waals surface area contributed by atoms with Crippen LogP contribution in [-0.2, 0) is 17.7 Å². The van der Waals surface area contributed by atoms with Crippen molar-refractivity contribution < 1.29 is 9.47 Å². The molecule has 0 spiro atoms. The van der Waals surface area contributed by atoms with E-state index in [-0.39, 0.29) is 5.56 Å². The lowest BCUT2D eigenvalue weighted by atomic mass is 10.0. The number of nitrogens with zero attached hydrogens (tertiary/aromatic N) is 5. The van der Waals surface area contributed by atoms with E-state index in [0.717, 1.165) is 28.6 Å². The maximum atomic E-state index is 13.3. The van der Waals surface area contributed by atoms with Gasteiger partial charge in [0.2, 0.25) is 0 Å². The number of rotatable bonds is 7. The molecule has 9 heteroatoms. The summed E-state index contributed by atoms with van der Waals surface area (Å²) < 4.78 is 12.6. The standard InChI is InChI=1S/C25H28N6O3/c1-3-17-6-9-22-19(14-17)15-21(25(32)26-22)23(30-10-12-34-13-11-30)24-27-28-29-31(24)16-18-4-7-20(33-2)8-5-18/h4-9,14-15,23H,3,10-13,16H2,1-2H3,(H,26,32)/t23-/m1/s1. The Bertz CT molecular complexity index is 1320. The van der Waals surface area contributed by atoms with Crippen molar-refractivity contribution in [1.29, 1.82) is 0 Å². The van der Waals surface area contributed by atoms with Gasteiger partial charge in [-0.05, 0) is 63.7 Å². The molecule has 176 valence electrons. The summed E-state index contributed by atoms with van der Waals surface area (Å²) in [4.78, 5) is 18.6. The molecule has 4 aromatic rings. The van der Waals surface area contributed by atoms with Gasteiger partial charge in [0, 0.05) is 24.2 Å². The number of aryl methyl sites for hydroxylation is 1. The molecule has 1 aliphatic rings. The molecule has 0 bridgehead atoms. The minimum absolute atomic E-state index is 0.132. The van der Waals surface area contributed by atoms with Crippen molar-refractivity contribution in [3.05, 3.63) is 81.4 Å². The fourth-order valence-corrected chi connectivity index (χ4v) is 4.45. The fraction of sp³-hybridized carbons (Fsp3) is 0.360. The van der Waals surface area contributed by atoms with Crippen molar-refractivity contribution in [3.8, 4) is 5.75 Å². The highest BCUT2D eigenvalue weighted by molar-refractivity contribution is 5.80. The molecule has 3 heterocycles. The second-order valence-electron chi connectivity index (χ2n) is 8.42. The minimum atomic E-state index is -0.393. The number of tetrazole rings is 1. The van der Waals surface area contributed by atoms with Crippen LogP contribution >= 0.6 is 0 Å². The van der Waals surface area contributed by atoms with Gasteiger partial charge in [-0.2, -0.15) is 0 Å². The smallest absolute Gasteiger partial charge is 0.253 e. The summed E-state index contributed by atoms with van der Waals surface area (Å²) in [5.41, 5.74) is 3.58. The van der Waals surface area contributed by atoms with Gasteiger partial charge < -0.3 is 14.5 Å². The van der Waals surface area contributed by atoms with Crippen LogP contribution in [0.15, 0.2) is 53.3 Å². The molecule has 9 nitrogen and oxygen atoms in total. The number of morpholine rings is 1. The molecule has 0 radical (unpaired) electrons. The average molecular weight is 461 g/mol. The normalized spacial score (nSPS) is 15.5. The number of hydrogen-bond acceptors (Lipinski definition) is 7. The van der Waals surface area contributed by atoms with E-state index in [0.29, 0.717) is 44.2 Å². The van der Waals surface area contributed by atoms with Crippen molar-refractivity contribution in [3.63, 3.8) is 0 Å². The van der Waals surface area contributed by atoms with Crippen LogP contribution < -0.4 is 10.3 Å². The molecule has 5 rings (SSSR count). The highest BCUT2D eigenvalue weighted by Gasteiger charge is 2.31. The molecule has 1 aliphatic heterocycles. The van der Waals surface area contributed by atoms with Gasteiger partial charge in [-0.1, -0.05) is 25.1 Å². The molecule has 0 saturated carbocycles. The first-order chi connectivity index (χ1) is 16.7. The van der Waals surface area contributed by atoms with E-state index >= 15 is 0 Å². The summed E-state index contributed by atoms with van der Waals surface area (Å²) in [5, 5.41) is 13.6. The van der Waals surface area contributed by atoms with E-state index in [1.807, 2.05) is 42.5 Å². The molecule has 0 unspecified atom stereocenters. The van der Waals surface area contributed by atoms with E-state index < -0.39 is 6.04 Å². The first-order valence-electron chi connectivity index (χ1n) is 11.5. The van der Waals surface area contributed by atoms with Crippen LogP contribution in [0.2, 0.25) is 0 Å². The molecule has 1 atom stereocenters. The number of nitrogens with one attached hydrogen (secondary N) is 1. The molecule has 0 amide bonds. The molecule has 34 heavy (non-hydrogen) atoms. The van der Waals surface area contributed by atoms with Gasteiger partial charge in [0.15, 0.2) is 5.82 Å². The Morgan fingerprint density at radius 1 is 1.09 bits per heavy atom. The minimum Gasteiger partial charge on any atom is -0.497 e. The molecular formula is C25H28N6O3. The van der Waals surface area contributed by atoms with Crippen molar-refractivity contribution in [2.45, 2.75) is 25.9 Å². The number of fused-ring (bicyclic) bond motifs is 1. The third-order valence-electron chi connectivity index (χ3n) is 6.35. The zero-order valence-electron chi connectivity index (χ0n) is 19.4. The molecule has 1 saturated heterocycles. The zero-order chi connectivity index (χ0) is 23.5. The van der Waals surface area contributed by atoms with E-state index in [1.165, 1.54) is 5.56 Å². The van der Waals surface area contributed by atoms with E-state index in [4.69, 9.17) is 9.47 Å². The van der Waals surface area contributed by atoms with Gasteiger partial charge in [-0.3, -0.25) is 9.69 Å². The summed E-state index contributed by atoms with van der Waals surface area (Å²) in [6.07, 6.45) is 0.928. The largest absolute Gasteiger partial charge is 0.497 e. The number of benzene rings is 2. The predicted molar refractivity (Wildman–Crippen MR) is 128 cm³/mol. The van der Waals surface area contributed by atoms with Crippen LogP contribution in [-0.4, -0.2) is 63.5 Å². The van der Waals surface area contributed by atoms with Crippen molar-refractivity contribution in [2.24, 2.45) is 0 Å². The third-order valence-corrected chi connectivity index (χ3v) is 6.35. The topological polar surface area (TPSA) is 98.2 Å². The highest BCUT2D eigenvalue weighted by Crippen LogP contribution is 2.28. The molecule has 0 aliphatic carbocycles. The van der Waals surface area contributed by atoms with Gasteiger partial charge in [0.1, 0.15) is 11.8 Å². The summed E-state index contributed by atoms with van der Waals surface area (Å²) in [5.74, 6) is 1.43. The van der Waals surface area contributed by atoms with Gasteiger partial charge in [0.05, 0.1) is 26.9 Å². The lowest BCUT2D eigenvalue weighted by Gasteiger charge is -2.33. The first kappa shape index (κ1) is 22.2. The molecule has 2 aromatic heterocycles. The molecule has 1 N–H and O–H groups in total. The number of hydrogen-bond donors (Lipinski definition) is 1. The van der Waals surface area contributed by atoms with Crippen LogP contribution in [0.25, 0.3) is 10.9 Å². The summed E-state index contributed by atoms with van der Waals surface area (Å²) >= 11 is 0. The summed E-state index contributed by atoms with van der Waals surface area (Å²) in [6.45, 7) is 5.18. The lowest BCUT2D eigenvalue weighted by molar-refractivity contribution is 0.0214. The van der Waals surface area contributed by atoms with Crippen LogP contribution in [0.4, 0.5) is 0 Å². The number of aromatic nitrogens is 5. The van der Waals surface area contributed by atoms with Gasteiger partial charge in [-0.15, -0.1) is 5.10 Å². The zero-order valence-corrected chi connectivity index (χ0v) is 19.4. The maximum absolute atomic E-state index is 13.3. The van der Waals surface area contributed by atoms with Gasteiger partial charge >= 0.3 is 0 Å². The lowest BCUT2D eigenvalue weighted by Crippen LogP contribution is -2.42. The maximum Gasteiger partial charge on any atom is 0.253 e. The van der Waals surface area contributed by atoms with Crippen LogP contribution in [0.5, 0.6) is 5.75 Å². The molecular weight excluding hydrogens is 432 g/mol. The third kappa shape index (κ3) is 4.44. The first-order valence-corrected chi connectivity index (χ1v) is 11.5. The number of aromatic amines is 1. The Morgan fingerprint density at radius 3 is 2.59 bits per heavy atom. The SMILES string of the molecule is CCc1ccc2[nH]c(=O)c([C@H](c3nnnn3Cc3ccc(OC)cc3)N3CCOCC3)cc2c1. The highest BCUT2D eigenvalue weighted by atomic mass is 16.5. The van der Waals surface area contributed by atoms with E-state index in [1.54, 1.807) is 11.8 Å². The predicted octanol–water partition coefficient (Wildman–Crippen LogP) is 2.56. The quantitative estimate of drug-likeness (QED) is 0.453. The Kier molecular flexibility index (Phi) is 6.37. The average Bonchev–Trinajstić information content (AvgIpc) is 3.33.